The second-order valence-corrected chi connectivity index (χ2v) is 4.07. The third-order valence-corrected chi connectivity index (χ3v) is 3.03. The summed E-state index contributed by atoms with van der Waals surface area (Å²) in [7, 11) is 0. The SMILES string of the molecule is O=C1C(=C2C=CCC=C2)C(=O)c2ccccc21. The molecule has 0 N–H and O–H groups in total. The molecule has 0 atom stereocenters. The average Bonchev–Trinajstić information content (AvgIpc) is 2.64. The van der Waals surface area contributed by atoms with Gasteiger partial charge in [-0.05, 0) is 12.0 Å². The van der Waals surface area contributed by atoms with E-state index in [-0.39, 0.29) is 11.6 Å². The number of fused-ring (bicyclic) bond motifs is 1. The molecule has 0 saturated heterocycles. The molecule has 0 spiro atoms. The van der Waals surface area contributed by atoms with Crippen molar-refractivity contribution >= 4 is 11.6 Å². The first-order valence-corrected chi connectivity index (χ1v) is 5.55. The molecule has 0 heterocycles. The Bertz CT molecular complexity index is 565. The van der Waals surface area contributed by atoms with Gasteiger partial charge in [0.25, 0.3) is 0 Å². The molecule has 0 saturated carbocycles. The maximum atomic E-state index is 12.2. The number of carbonyl (C=O) groups is 2. The Kier molecular flexibility index (Phi) is 2.15. The Hall–Kier alpha value is -2.22. The molecule has 0 unspecified atom stereocenters. The number of Topliss-reactive ketones (excluding diaryl/α,β-unsaturated/α-hetero) is 2. The monoisotopic (exact) mass is 222 g/mol. The van der Waals surface area contributed by atoms with Crippen molar-refractivity contribution in [2.24, 2.45) is 0 Å². The van der Waals surface area contributed by atoms with E-state index in [1.54, 1.807) is 24.3 Å². The summed E-state index contributed by atoms with van der Waals surface area (Å²) in [5, 5.41) is 0. The molecule has 1 aromatic carbocycles. The van der Waals surface area contributed by atoms with Crippen LogP contribution in [0.1, 0.15) is 27.1 Å². The number of hydrogen-bond donors (Lipinski definition) is 0. The van der Waals surface area contributed by atoms with Crippen LogP contribution in [0.3, 0.4) is 0 Å². The first-order chi connectivity index (χ1) is 8.29. The number of hydrogen-bond acceptors (Lipinski definition) is 2. The van der Waals surface area contributed by atoms with Crippen LogP contribution in [0.5, 0.6) is 0 Å². The van der Waals surface area contributed by atoms with Gasteiger partial charge in [0.1, 0.15) is 0 Å². The van der Waals surface area contributed by atoms with Crippen molar-refractivity contribution in [2.45, 2.75) is 6.42 Å². The van der Waals surface area contributed by atoms with Gasteiger partial charge in [-0.2, -0.15) is 0 Å². The number of carbonyl (C=O) groups excluding carboxylic acids is 2. The molecule has 2 heteroatoms. The Morgan fingerprint density at radius 1 is 0.824 bits per heavy atom. The molecule has 2 nitrogen and oxygen atoms in total. The van der Waals surface area contributed by atoms with Crippen molar-refractivity contribution in [3.8, 4) is 0 Å². The van der Waals surface area contributed by atoms with Gasteiger partial charge in [0, 0.05) is 11.1 Å². The van der Waals surface area contributed by atoms with Crippen LogP contribution in [-0.4, -0.2) is 11.6 Å². The van der Waals surface area contributed by atoms with E-state index in [4.69, 9.17) is 0 Å². The minimum absolute atomic E-state index is 0.156. The molecule has 0 amide bonds. The summed E-state index contributed by atoms with van der Waals surface area (Å²) in [4.78, 5) is 24.3. The number of allylic oxidation sites excluding steroid dienone is 6. The van der Waals surface area contributed by atoms with Gasteiger partial charge in [0.05, 0.1) is 5.57 Å². The summed E-state index contributed by atoms with van der Waals surface area (Å²) >= 11 is 0. The van der Waals surface area contributed by atoms with E-state index >= 15 is 0 Å². The lowest BCUT2D eigenvalue weighted by atomic mass is 10.00. The van der Waals surface area contributed by atoms with Crippen LogP contribution in [0, 0.1) is 0 Å². The van der Waals surface area contributed by atoms with Gasteiger partial charge >= 0.3 is 0 Å². The van der Waals surface area contributed by atoms with Crippen molar-refractivity contribution in [3.63, 3.8) is 0 Å². The van der Waals surface area contributed by atoms with Gasteiger partial charge in [-0.3, -0.25) is 9.59 Å². The third-order valence-electron chi connectivity index (χ3n) is 3.03. The van der Waals surface area contributed by atoms with E-state index in [1.165, 1.54) is 0 Å². The highest BCUT2D eigenvalue weighted by atomic mass is 16.2. The fourth-order valence-electron chi connectivity index (χ4n) is 2.20. The van der Waals surface area contributed by atoms with Crippen molar-refractivity contribution in [1.82, 2.24) is 0 Å². The van der Waals surface area contributed by atoms with E-state index in [1.807, 2.05) is 24.3 Å². The van der Waals surface area contributed by atoms with E-state index in [0.29, 0.717) is 16.7 Å². The van der Waals surface area contributed by atoms with Crippen molar-refractivity contribution in [2.75, 3.05) is 0 Å². The van der Waals surface area contributed by atoms with E-state index in [0.717, 1.165) is 12.0 Å². The van der Waals surface area contributed by atoms with Crippen molar-refractivity contribution in [1.29, 1.82) is 0 Å². The van der Waals surface area contributed by atoms with Gasteiger partial charge < -0.3 is 0 Å². The van der Waals surface area contributed by atoms with Crippen LogP contribution in [0.2, 0.25) is 0 Å². The molecule has 0 aromatic heterocycles. The largest absolute Gasteiger partial charge is 0.288 e. The fraction of sp³-hybridized carbons (Fsp3) is 0.0667. The molecule has 1 aromatic rings. The Morgan fingerprint density at radius 2 is 1.35 bits per heavy atom. The standard InChI is InChI=1S/C15H10O2/c16-14-11-8-4-5-9-12(11)15(17)13(14)10-6-2-1-3-7-10/h2-9H,1H2. The minimum atomic E-state index is -0.156. The Balaban J connectivity index is 2.22. The fourth-order valence-corrected chi connectivity index (χ4v) is 2.20. The lowest BCUT2D eigenvalue weighted by Gasteiger charge is -2.02. The highest BCUT2D eigenvalue weighted by Gasteiger charge is 2.34. The zero-order chi connectivity index (χ0) is 11.8. The molecule has 0 aliphatic heterocycles. The number of ketones is 2. The van der Waals surface area contributed by atoms with Crippen LogP contribution in [0.25, 0.3) is 0 Å². The summed E-state index contributed by atoms with van der Waals surface area (Å²) in [6.07, 6.45) is 8.44. The first kappa shape index (κ1) is 9.97. The topological polar surface area (TPSA) is 34.1 Å². The van der Waals surface area contributed by atoms with Crippen molar-refractivity contribution in [3.05, 3.63) is 70.8 Å². The second-order valence-electron chi connectivity index (χ2n) is 4.07. The molecule has 0 fully saturated rings. The normalized spacial score (nSPS) is 17.9. The van der Waals surface area contributed by atoms with Crippen LogP contribution < -0.4 is 0 Å². The molecule has 2 aliphatic carbocycles. The maximum Gasteiger partial charge on any atom is 0.198 e. The van der Waals surface area contributed by atoms with Gasteiger partial charge in [0.2, 0.25) is 0 Å². The Morgan fingerprint density at radius 3 is 1.88 bits per heavy atom. The van der Waals surface area contributed by atoms with E-state index in [2.05, 4.69) is 0 Å². The summed E-state index contributed by atoms with van der Waals surface area (Å²) in [6.45, 7) is 0. The van der Waals surface area contributed by atoms with Crippen LogP contribution in [0.4, 0.5) is 0 Å². The highest BCUT2D eigenvalue weighted by Crippen LogP contribution is 2.29. The Labute approximate surface area is 99.0 Å². The molecule has 2 aliphatic rings. The van der Waals surface area contributed by atoms with Gasteiger partial charge in [0.15, 0.2) is 11.6 Å². The van der Waals surface area contributed by atoms with E-state index < -0.39 is 0 Å². The average molecular weight is 222 g/mol. The zero-order valence-corrected chi connectivity index (χ0v) is 9.14. The summed E-state index contributed by atoms with van der Waals surface area (Å²) in [5.74, 6) is -0.311. The molecule has 3 rings (SSSR count). The van der Waals surface area contributed by atoms with Crippen LogP contribution in [0.15, 0.2) is 59.7 Å². The lowest BCUT2D eigenvalue weighted by molar-refractivity contribution is 0.0988. The van der Waals surface area contributed by atoms with E-state index in [9.17, 15) is 9.59 Å². The molecular formula is C15H10O2. The summed E-state index contributed by atoms with van der Waals surface area (Å²) in [6, 6.07) is 6.98. The first-order valence-electron chi connectivity index (χ1n) is 5.55. The summed E-state index contributed by atoms with van der Waals surface area (Å²) in [5.41, 5.74) is 2.07. The number of benzene rings is 1. The highest BCUT2D eigenvalue weighted by molar-refractivity contribution is 6.40. The second kappa shape index (κ2) is 3.67. The van der Waals surface area contributed by atoms with Gasteiger partial charge in [-0.25, -0.2) is 0 Å². The summed E-state index contributed by atoms with van der Waals surface area (Å²) < 4.78 is 0. The number of rotatable bonds is 0. The molecule has 17 heavy (non-hydrogen) atoms. The van der Waals surface area contributed by atoms with Gasteiger partial charge in [-0.15, -0.1) is 0 Å². The lowest BCUT2D eigenvalue weighted by Crippen LogP contribution is -2.04. The quantitative estimate of drug-likeness (QED) is 0.499. The molecule has 0 bridgehead atoms. The zero-order valence-electron chi connectivity index (χ0n) is 9.14. The van der Waals surface area contributed by atoms with Crippen LogP contribution in [-0.2, 0) is 0 Å². The smallest absolute Gasteiger partial charge is 0.198 e. The predicted octanol–water partition coefficient (Wildman–Crippen LogP) is 2.88. The maximum absolute atomic E-state index is 12.2. The third kappa shape index (κ3) is 1.41. The molecule has 82 valence electrons. The minimum Gasteiger partial charge on any atom is -0.288 e. The predicted molar refractivity (Wildman–Crippen MR) is 65.0 cm³/mol. The van der Waals surface area contributed by atoms with Crippen LogP contribution >= 0.6 is 0 Å². The van der Waals surface area contributed by atoms with Crippen molar-refractivity contribution < 1.29 is 9.59 Å². The molecular weight excluding hydrogens is 212 g/mol. The molecule has 0 radical (unpaired) electrons. The van der Waals surface area contributed by atoms with Gasteiger partial charge in [-0.1, -0.05) is 48.6 Å².